The predicted molar refractivity (Wildman–Crippen MR) is 134 cm³/mol. The maximum absolute atomic E-state index is 13.1. The molecule has 2 N–H and O–H groups in total. The molecule has 0 aliphatic heterocycles. The number of amides is 1. The SMILES string of the molecule is CN(Cc1cc2c(=O)c(CC(=O)NCc3ccc(Cl)cc3)cn(C)c2o1)C[C@H](O)c1cccnc1. The molecule has 3 aromatic heterocycles. The molecule has 182 valence electrons. The van der Waals surface area contributed by atoms with Crippen molar-refractivity contribution in [2.45, 2.75) is 25.6 Å². The zero-order chi connectivity index (χ0) is 24.9. The molecule has 0 bridgehead atoms. The van der Waals surface area contributed by atoms with Crippen molar-refractivity contribution in [3.63, 3.8) is 0 Å². The molecule has 8 nitrogen and oxygen atoms in total. The van der Waals surface area contributed by atoms with Crippen LogP contribution in [0.5, 0.6) is 0 Å². The van der Waals surface area contributed by atoms with Gasteiger partial charge >= 0.3 is 0 Å². The normalized spacial score (nSPS) is 12.3. The smallest absolute Gasteiger partial charge is 0.224 e. The summed E-state index contributed by atoms with van der Waals surface area (Å²) in [5, 5.41) is 14.3. The summed E-state index contributed by atoms with van der Waals surface area (Å²) in [5.74, 6) is 0.349. The molecule has 3 heterocycles. The summed E-state index contributed by atoms with van der Waals surface area (Å²) in [7, 11) is 3.64. The second-order valence-electron chi connectivity index (χ2n) is 8.60. The fourth-order valence-electron chi connectivity index (χ4n) is 3.93. The highest BCUT2D eigenvalue weighted by molar-refractivity contribution is 6.30. The fourth-order valence-corrected chi connectivity index (χ4v) is 4.05. The maximum atomic E-state index is 13.1. The van der Waals surface area contributed by atoms with Crippen LogP contribution >= 0.6 is 11.6 Å². The van der Waals surface area contributed by atoms with Crippen LogP contribution in [-0.2, 0) is 31.4 Å². The van der Waals surface area contributed by atoms with Gasteiger partial charge in [-0.05, 0) is 36.9 Å². The summed E-state index contributed by atoms with van der Waals surface area (Å²) < 4.78 is 7.64. The molecule has 1 aromatic carbocycles. The Kier molecular flexibility index (Phi) is 7.65. The molecule has 35 heavy (non-hydrogen) atoms. The first-order chi connectivity index (χ1) is 16.8. The Balaban J connectivity index is 1.43. The van der Waals surface area contributed by atoms with Gasteiger partial charge in [0.2, 0.25) is 11.6 Å². The van der Waals surface area contributed by atoms with Crippen LogP contribution in [0.3, 0.4) is 0 Å². The lowest BCUT2D eigenvalue weighted by molar-refractivity contribution is -0.120. The molecular formula is C26H27ClN4O4. The van der Waals surface area contributed by atoms with Gasteiger partial charge in [0, 0.05) is 54.9 Å². The van der Waals surface area contributed by atoms with E-state index in [1.54, 1.807) is 54.5 Å². The van der Waals surface area contributed by atoms with E-state index >= 15 is 0 Å². The largest absolute Gasteiger partial charge is 0.443 e. The number of aryl methyl sites for hydroxylation is 1. The van der Waals surface area contributed by atoms with Crippen molar-refractivity contribution in [2.75, 3.05) is 13.6 Å². The summed E-state index contributed by atoms with van der Waals surface area (Å²) in [6.07, 6.45) is 4.20. The van der Waals surface area contributed by atoms with E-state index < -0.39 is 6.10 Å². The lowest BCUT2D eigenvalue weighted by Crippen LogP contribution is -2.27. The highest BCUT2D eigenvalue weighted by Crippen LogP contribution is 2.20. The number of rotatable bonds is 9. The zero-order valence-corrected chi connectivity index (χ0v) is 20.3. The number of halogens is 1. The number of nitrogens with zero attached hydrogens (tertiary/aromatic N) is 3. The average molecular weight is 495 g/mol. The third kappa shape index (κ3) is 6.16. The summed E-state index contributed by atoms with van der Waals surface area (Å²) in [4.78, 5) is 31.5. The Morgan fingerprint density at radius 2 is 2.06 bits per heavy atom. The van der Waals surface area contributed by atoms with Crippen LogP contribution in [0.15, 0.2) is 70.3 Å². The Hall–Kier alpha value is -3.46. The number of aliphatic hydroxyl groups is 1. The van der Waals surface area contributed by atoms with Crippen molar-refractivity contribution in [3.8, 4) is 0 Å². The monoisotopic (exact) mass is 494 g/mol. The van der Waals surface area contributed by atoms with Gasteiger partial charge < -0.3 is 19.4 Å². The van der Waals surface area contributed by atoms with Crippen LogP contribution in [0, 0.1) is 0 Å². The van der Waals surface area contributed by atoms with Crippen LogP contribution < -0.4 is 10.7 Å². The number of hydrogen-bond donors (Lipinski definition) is 2. The summed E-state index contributed by atoms with van der Waals surface area (Å²) >= 11 is 5.89. The van der Waals surface area contributed by atoms with E-state index in [9.17, 15) is 14.7 Å². The van der Waals surface area contributed by atoms with Crippen molar-refractivity contribution in [2.24, 2.45) is 7.05 Å². The Morgan fingerprint density at radius 1 is 1.29 bits per heavy atom. The van der Waals surface area contributed by atoms with Crippen molar-refractivity contribution >= 4 is 28.6 Å². The van der Waals surface area contributed by atoms with E-state index in [1.807, 2.05) is 30.1 Å². The molecule has 1 atom stereocenters. The van der Waals surface area contributed by atoms with E-state index in [0.717, 1.165) is 11.1 Å². The summed E-state index contributed by atoms with van der Waals surface area (Å²) in [6.45, 7) is 1.13. The van der Waals surface area contributed by atoms with Gasteiger partial charge in [-0.3, -0.25) is 19.5 Å². The third-order valence-corrected chi connectivity index (χ3v) is 5.96. The van der Waals surface area contributed by atoms with E-state index in [0.29, 0.717) is 47.1 Å². The molecular weight excluding hydrogens is 468 g/mol. The molecule has 9 heteroatoms. The van der Waals surface area contributed by atoms with E-state index in [-0.39, 0.29) is 17.8 Å². The van der Waals surface area contributed by atoms with Crippen LogP contribution in [0.2, 0.25) is 5.02 Å². The number of likely N-dealkylation sites (N-methyl/N-ethyl adjacent to an activating group) is 1. The Bertz CT molecular complexity index is 1370. The van der Waals surface area contributed by atoms with Gasteiger partial charge in [-0.25, -0.2) is 0 Å². The summed E-state index contributed by atoms with van der Waals surface area (Å²) in [5.41, 5.74) is 2.25. The number of carbonyl (C=O) groups is 1. The lowest BCUT2D eigenvalue weighted by Gasteiger charge is -2.19. The number of aliphatic hydroxyl groups excluding tert-OH is 1. The zero-order valence-electron chi connectivity index (χ0n) is 19.6. The number of pyridine rings is 2. The number of hydrogen-bond acceptors (Lipinski definition) is 6. The maximum Gasteiger partial charge on any atom is 0.224 e. The molecule has 0 saturated heterocycles. The number of nitrogens with one attached hydrogen (secondary N) is 1. The standard InChI is InChI=1S/C26H27ClN4O4/c1-30(16-23(32)18-4-3-9-28-13-18)15-21-11-22-25(34)19(14-31(2)26(22)35-21)10-24(33)29-12-17-5-7-20(27)8-6-17/h3-9,11,13-14,23,32H,10,12,15-16H2,1-2H3,(H,29,33)/t23-/m0/s1. The minimum Gasteiger partial charge on any atom is -0.443 e. The fraction of sp³-hybridized carbons (Fsp3) is 0.269. The van der Waals surface area contributed by atoms with Gasteiger partial charge in [-0.2, -0.15) is 0 Å². The molecule has 1 amide bonds. The van der Waals surface area contributed by atoms with Crippen molar-refractivity contribution in [1.29, 1.82) is 0 Å². The van der Waals surface area contributed by atoms with Crippen LogP contribution in [0.25, 0.3) is 11.1 Å². The van der Waals surface area contributed by atoms with Gasteiger partial charge in [0.1, 0.15) is 5.76 Å². The number of aromatic nitrogens is 2. The quantitative estimate of drug-likeness (QED) is 0.370. The number of furan rings is 1. The molecule has 4 aromatic rings. The van der Waals surface area contributed by atoms with Crippen molar-refractivity contribution in [3.05, 3.63) is 98.8 Å². The Labute approximate surface area is 207 Å². The molecule has 0 unspecified atom stereocenters. The van der Waals surface area contributed by atoms with Gasteiger partial charge in [-0.1, -0.05) is 29.8 Å². The first kappa shape index (κ1) is 24.7. The topological polar surface area (TPSA) is 101 Å². The second kappa shape index (κ2) is 10.9. The van der Waals surface area contributed by atoms with Gasteiger partial charge in [-0.15, -0.1) is 0 Å². The molecule has 0 aliphatic rings. The Morgan fingerprint density at radius 3 is 2.77 bits per heavy atom. The van der Waals surface area contributed by atoms with E-state index in [1.165, 1.54) is 0 Å². The molecule has 0 spiro atoms. The van der Waals surface area contributed by atoms with Gasteiger partial charge in [0.15, 0.2) is 5.43 Å². The molecule has 0 saturated carbocycles. The van der Waals surface area contributed by atoms with Crippen molar-refractivity contribution in [1.82, 2.24) is 19.8 Å². The third-order valence-electron chi connectivity index (χ3n) is 5.70. The number of carbonyl (C=O) groups excluding carboxylic acids is 1. The summed E-state index contributed by atoms with van der Waals surface area (Å²) in [6, 6.07) is 12.5. The minimum absolute atomic E-state index is 0.0338. The van der Waals surface area contributed by atoms with Crippen LogP contribution in [0.1, 0.15) is 28.6 Å². The van der Waals surface area contributed by atoms with Crippen LogP contribution in [-0.4, -0.2) is 39.1 Å². The van der Waals surface area contributed by atoms with Gasteiger partial charge in [0.05, 0.1) is 24.5 Å². The molecule has 0 fully saturated rings. The van der Waals surface area contributed by atoms with Crippen LogP contribution in [0.4, 0.5) is 0 Å². The minimum atomic E-state index is -0.692. The highest BCUT2D eigenvalue weighted by Gasteiger charge is 2.17. The highest BCUT2D eigenvalue weighted by atomic mass is 35.5. The molecule has 4 rings (SSSR count). The van der Waals surface area contributed by atoms with Gasteiger partial charge in [0.25, 0.3) is 0 Å². The average Bonchev–Trinajstić information content (AvgIpc) is 3.27. The number of benzene rings is 1. The molecule has 0 radical (unpaired) electrons. The van der Waals surface area contributed by atoms with E-state index in [4.69, 9.17) is 16.0 Å². The first-order valence-corrected chi connectivity index (χ1v) is 11.6. The van der Waals surface area contributed by atoms with E-state index in [2.05, 4.69) is 10.3 Å². The first-order valence-electron chi connectivity index (χ1n) is 11.2. The molecule has 0 aliphatic carbocycles. The second-order valence-corrected chi connectivity index (χ2v) is 9.04. The van der Waals surface area contributed by atoms with Crippen molar-refractivity contribution < 1.29 is 14.3 Å². The number of fused-ring (bicyclic) bond motifs is 1. The lowest BCUT2D eigenvalue weighted by atomic mass is 10.1. The predicted octanol–water partition coefficient (Wildman–Crippen LogP) is 3.20.